The molecule has 0 unspecified atom stereocenters. The van der Waals surface area contributed by atoms with Gasteiger partial charge in [0.25, 0.3) is 0 Å². The van der Waals surface area contributed by atoms with Gasteiger partial charge in [0, 0.05) is 6.04 Å². The Morgan fingerprint density at radius 1 is 1.16 bits per heavy atom. The highest BCUT2D eigenvalue weighted by Gasteiger charge is 2.27. The first-order valence-electron chi connectivity index (χ1n) is 5.76. The monoisotopic (exact) mass is 298 g/mol. The summed E-state index contributed by atoms with van der Waals surface area (Å²) in [6, 6.07) is 7.13. The van der Waals surface area contributed by atoms with Crippen LogP contribution in [0.2, 0.25) is 5.15 Å². The highest BCUT2D eigenvalue weighted by Crippen LogP contribution is 2.23. The maximum atomic E-state index is 11.8. The predicted molar refractivity (Wildman–Crippen MR) is 73.2 cm³/mol. The quantitative estimate of drug-likeness (QED) is 0.899. The van der Waals surface area contributed by atoms with Crippen LogP contribution in [0.3, 0.4) is 0 Å². The molecular formula is C11H11ClN4O2S. The van der Waals surface area contributed by atoms with E-state index < -0.39 is 10.2 Å². The molecule has 0 aliphatic heterocycles. The van der Waals surface area contributed by atoms with Crippen molar-refractivity contribution in [1.82, 2.24) is 14.7 Å². The Labute approximate surface area is 115 Å². The molecule has 3 rings (SSSR count). The standard InChI is InChI=1S/C11H11ClN4O2S/c12-10-11(16-19(17,18)15-7-5-6-7)14-9-4-2-1-3-8(9)13-10/h1-4,7,15H,5-6H2,(H,14,16). The van der Waals surface area contributed by atoms with Gasteiger partial charge in [-0.1, -0.05) is 23.7 Å². The molecule has 1 saturated carbocycles. The highest BCUT2D eigenvalue weighted by molar-refractivity contribution is 7.90. The van der Waals surface area contributed by atoms with Crippen molar-refractivity contribution in [3.8, 4) is 0 Å². The molecule has 1 aliphatic rings. The van der Waals surface area contributed by atoms with Gasteiger partial charge in [0.1, 0.15) is 0 Å². The second-order valence-electron chi connectivity index (χ2n) is 4.35. The lowest BCUT2D eigenvalue weighted by Crippen LogP contribution is -2.32. The first-order valence-corrected chi connectivity index (χ1v) is 7.62. The van der Waals surface area contributed by atoms with Gasteiger partial charge in [-0.05, 0) is 25.0 Å². The van der Waals surface area contributed by atoms with E-state index in [1.807, 2.05) is 6.07 Å². The summed E-state index contributed by atoms with van der Waals surface area (Å²) in [4.78, 5) is 8.27. The molecule has 1 aromatic carbocycles. The van der Waals surface area contributed by atoms with Crippen LogP contribution >= 0.6 is 11.6 Å². The number of hydrogen-bond acceptors (Lipinski definition) is 4. The van der Waals surface area contributed by atoms with Crippen LogP contribution in [0.1, 0.15) is 12.8 Å². The van der Waals surface area contributed by atoms with Gasteiger partial charge < -0.3 is 0 Å². The minimum atomic E-state index is -3.65. The lowest BCUT2D eigenvalue weighted by molar-refractivity contribution is 0.586. The predicted octanol–water partition coefficient (Wildman–Crippen LogP) is 1.69. The smallest absolute Gasteiger partial charge is 0.252 e. The average molecular weight is 299 g/mol. The summed E-state index contributed by atoms with van der Waals surface area (Å²) in [5.74, 6) is 0.0357. The maximum Gasteiger partial charge on any atom is 0.300 e. The van der Waals surface area contributed by atoms with E-state index in [4.69, 9.17) is 11.6 Å². The van der Waals surface area contributed by atoms with E-state index in [1.165, 1.54) is 0 Å². The van der Waals surface area contributed by atoms with Gasteiger partial charge >= 0.3 is 10.2 Å². The summed E-state index contributed by atoms with van der Waals surface area (Å²) in [6.07, 6.45) is 1.72. The van der Waals surface area contributed by atoms with Crippen LogP contribution in [0.15, 0.2) is 24.3 Å². The molecule has 0 amide bonds. The number of para-hydroxylation sites is 2. The third-order valence-electron chi connectivity index (χ3n) is 2.66. The van der Waals surface area contributed by atoms with Crippen molar-refractivity contribution in [2.24, 2.45) is 0 Å². The van der Waals surface area contributed by atoms with Crippen molar-refractivity contribution in [2.45, 2.75) is 18.9 Å². The normalized spacial score (nSPS) is 15.6. The zero-order valence-corrected chi connectivity index (χ0v) is 11.4. The summed E-state index contributed by atoms with van der Waals surface area (Å²) in [5.41, 5.74) is 1.20. The average Bonchev–Trinajstić information content (AvgIpc) is 3.13. The third kappa shape index (κ3) is 2.94. The minimum absolute atomic E-state index is 0.0182. The number of anilines is 1. The highest BCUT2D eigenvalue weighted by atomic mass is 35.5. The van der Waals surface area contributed by atoms with Crippen LogP contribution in [0.5, 0.6) is 0 Å². The second kappa shape index (κ2) is 4.59. The molecule has 0 bridgehead atoms. The van der Waals surface area contributed by atoms with Crippen molar-refractivity contribution >= 4 is 38.7 Å². The molecule has 1 aromatic heterocycles. The Bertz CT molecular complexity index is 731. The minimum Gasteiger partial charge on any atom is -0.252 e. The van der Waals surface area contributed by atoms with E-state index in [1.54, 1.807) is 18.2 Å². The van der Waals surface area contributed by atoms with E-state index in [2.05, 4.69) is 19.4 Å². The number of aromatic nitrogens is 2. The van der Waals surface area contributed by atoms with Crippen molar-refractivity contribution in [2.75, 3.05) is 4.72 Å². The van der Waals surface area contributed by atoms with Gasteiger partial charge in [-0.3, -0.25) is 4.72 Å². The molecule has 0 saturated heterocycles. The largest absolute Gasteiger partial charge is 0.300 e. The number of fused-ring (bicyclic) bond motifs is 1. The Hall–Kier alpha value is -1.44. The van der Waals surface area contributed by atoms with Crippen LogP contribution in [-0.2, 0) is 10.2 Å². The molecule has 100 valence electrons. The van der Waals surface area contributed by atoms with Crippen molar-refractivity contribution in [3.63, 3.8) is 0 Å². The van der Waals surface area contributed by atoms with Crippen LogP contribution in [0, 0.1) is 0 Å². The summed E-state index contributed by atoms with van der Waals surface area (Å²) in [5, 5.41) is 0.0277. The van der Waals surface area contributed by atoms with E-state index in [0.29, 0.717) is 11.0 Å². The Kier molecular flexibility index (Phi) is 3.04. The molecule has 1 heterocycles. The fraction of sp³-hybridized carbons (Fsp3) is 0.273. The summed E-state index contributed by atoms with van der Waals surface area (Å²) >= 11 is 5.93. The molecule has 2 aromatic rings. The molecular weight excluding hydrogens is 288 g/mol. The number of nitrogens with one attached hydrogen (secondary N) is 2. The maximum absolute atomic E-state index is 11.8. The van der Waals surface area contributed by atoms with E-state index in [0.717, 1.165) is 12.8 Å². The van der Waals surface area contributed by atoms with Crippen molar-refractivity contribution in [3.05, 3.63) is 29.4 Å². The zero-order chi connectivity index (χ0) is 13.5. The molecule has 19 heavy (non-hydrogen) atoms. The molecule has 1 fully saturated rings. The van der Waals surface area contributed by atoms with Crippen LogP contribution < -0.4 is 9.44 Å². The van der Waals surface area contributed by atoms with E-state index in [9.17, 15) is 8.42 Å². The number of benzene rings is 1. The molecule has 0 atom stereocenters. The fourth-order valence-corrected chi connectivity index (χ4v) is 2.99. The topological polar surface area (TPSA) is 84.0 Å². The Morgan fingerprint density at radius 3 is 2.42 bits per heavy atom. The van der Waals surface area contributed by atoms with Crippen LogP contribution in [0.4, 0.5) is 5.82 Å². The third-order valence-corrected chi connectivity index (χ3v) is 4.03. The molecule has 8 heteroatoms. The second-order valence-corrected chi connectivity index (χ2v) is 6.15. The first-order chi connectivity index (χ1) is 9.03. The van der Waals surface area contributed by atoms with Gasteiger partial charge in [0.2, 0.25) is 0 Å². The van der Waals surface area contributed by atoms with E-state index >= 15 is 0 Å². The van der Waals surface area contributed by atoms with Gasteiger partial charge in [-0.15, -0.1) is 0 Å². The summed E-state index contributed by atoms with van der Waals surface area (Å²) < 4.78 is 28.4. The molecule has 0 radical (unpaired) electrons. The van der Waals surface area contributed by atoms with Crippen molar-refractivity contribution < 1.29 is 8.42 Å². The van der Waals surface area contributed by atoms with Gasteiger partial charge in [-0.2, -0.15) is 13.1 Å². The van der Waals surface area contributed by atoms with Gasteiger partial charge in [0.05, 0.1) is 11.0 Å². The number of halogens is 1. The summed E-state index contributed by atoms with van der Waals surface area (Å²) in [6.45, 7) is 0. The van der Waals surface area contributed by atoms with Gasteiger partial charge in [-0.25, -0.2) is 9.97 Å². The molecule has 2 N–H and O–H groups in total. The fourth-order valence-electron chi connectivity index (χ4n) is 1.62. The number of nitrogens with zero attached hydrogens (tertiary/aromatic N) is 2. The lowest BCUT2D eigenvalue weighted by atomic mass is 10.3. The lowest BCUT2D eigenvalue weighted by Gasteiger charge is -2.09. The van der Waals surface area contributed by atoms with Crippen molar-refractivity contribution in [1.29, 1.82) is 0 Å². The Balaban J connectivity index is 1.93. The zero-order valence-electron chi connectivity index (χ0n) is 9.80. The summed E-state index contributed by atoms with van der Waals surface area (Å²) in [7, 11) is -3.65. The number of hydrogen-bond donors (Lipinski definition) is 2. The number of rotatable bonds is 4. The Morgan fingerprint density at radius 2 is 1.79 bits per heavy atom. The van der Waals surface area contributed by atoms with E-state index in [-0.39, 0.29) is 17.0 Å². The SMILES string of the molecule is O=S(=O)(Nc1nc2ccccc2nc1Cl)NC1CC1. The first kappa shape index (κ1) is 12.6. The molecule has 1 aliphatic carbocycles. The van der Waals surface area contributed by atoms with Crippen LogP contribution in [0.25, 0.3) is 11.0 Å². The molecule has 6 nitrogen and oxygen atoms in total. The molecule has 0 spiro atoms. The van der Waals surface area contributed by atoms with Crippen LogP contribution in [-0.4, -0.2) is 24.4 Å². The van der Waals surface area contributed by atoms with Gasteiger partial charge in [0.15, 0.2) is 11.0 Å².